The van der Waals surface area contributed by atoms with Gasteiger partial charge in [-0.2, -0.15) is 4.98 Å². The average molecular weight is 336 g/mol. The SMILES string of the molecule is Cc1nc(-c2ccc(N3CCN(C(=O)CCCl)CC3)nc2)no1. The zero-order chi connectivity index (χ0) is 16.2. The molecule has 0 atom stereocenters. The van der Waals surface area contributed by atoms with E-state index in [1.807, 2.05) is 17.0 Å². The number of halogens is 1. The highest BCUT2D eigenvalue weighted by Gasteiger charge is 2.21. The monoisotopic (exact) mass is 335 g/mol. The number of aromatic nitrogens is 3. The van der Waals surface area contributed by atoms with Gasteiger partial charge in [0, 0.05) is 57.2 Å². The van der Waals surface area contributed by atoms with Crippen molar-refractivity contribution in [3.63, 3.8) is 0 Å². The molecule has 2 aromatic heterocycles. The molecule has 0 aliphatic carbocycles. The van der Waals surface area contributed by atoms with Crippen molar-refractivity contribution in [1.29, 1.82) is 0 Å². The Hall–Kier alpha value is -2.15. The first-order valence-electron chi connectivity index (χ1n) is 7.53. The Morgan fingerprint density at radius 1 is 1.30 bits per heavy atom. The number of hydrogen-bond donors (Lipinski definition) is 0. The lowest BCUT2D eigenvalue weighted by atomic mass is 10.2. The largest absolute Gasteiger partial charge is 0.353 e. The molecule has 122 valence electrons. The molecule has 1 amide bonds. The molecule has 1 fully saturated rings. The van der Waals surface area contributed by atoms with Crippen molar-refractivity contribution in [3.8, 4) is 11.4 Å². The summed E-state index contributed by atoms with van der Waals surface area (Å²) < 4.78 is 4.97. The maximum absolute atomic E-state index is 11.8. The van der Waals surface area contributed by atoms with Crippen molar-refractivity contribution in [1.82, 2.24) is 20.0 Å². The Bertz CT molecular complexity index is 665. The molecular weight excluding hydrogens is 318 g/mol. The van der Waals surface area contributed by atoms with E-state index in [4.69, 9.17) is 16.1 Å². The first kappa shape index (κ1) is 15.7. The molecule has 3 heterocycles. The van der Waals surface area contributed by atoms with Crippen LogP contribution in [-0.4, -0.2) is 58.0 Å². The molecule has 8 heteroatoms. The number of nitrogens with zero attached hydrogens (tertiary/aromatic N) is 5. The van der Waals surface area contributed by atoms with Crippen LogP contribution in [0.25, 0.3) is 11.4 Å². The smallest absolute Gasteiger partial charge is 0.223 e. The van der Waals surface area contributed by atoms with Gasteiger partial charge in [0.1, 0.15) is 5.82 Å². The van der Waals surface area contributed by atoms with Crippen molar-refractivity contribution in [3.05, 3.63) is 24.2 Å². The van der Waals surface area contributed by atoms with Gasteiger partial charge in [-0.1, -0.05) is 5.16 Å². The summed E-state index contributed by atoms with van der Waals surface area (Å²) in [6.07, 6.45) is 2.14. The van der Waals surface area contributed by atoms with E-state index < -0.39 is 0 Å². The lowest BCUT2D eigenvalue weighted by Crippen LogP contribution is -2.49. The van der Waals surface area contributed by atoms with Gasteiger partial charge in [-0.05, 0) is 12.1 Å². The fourth-order valence-electron chi connectivity index (χ4n) is 2.55. The minimum Gasteiger partial charge on any atom is -0.353 e. The predicted molar refractivity (Wildman–Crippen MR) is 86.4 cm³/mol. The lowest BCUT2D eigenvalue weighted by Gasteiger charge is -2.35. The number of rotatable bonds is 4. The van der Waals surface area contributed by atoms with Crippen LogP contribution in [0.1, 0.15) is 12.3 Å². The summed E-state index contributed by atoms with van der Waals surface area (Å²) in [6.45, 7) is 4.68. The minimum absolute atomic E-state index is 0.121. The number of aryl methyl sites for hydroxylation is 1. The Kier molecular flexibility index (Phi) is 4.76. The zero-order valence-corrected chi connectivity index (χ0v) is 13.7. The molecule has 2 aromatic rings. The predicted octanol–water partition coefficient (Wildman–Crippen LogP) is 1.72. The van der Waals surface area contributed by atoms with Gasteiger partial charge in [-0.25, -0.2) is 4.98 Å². The number of carbonyl (C=O) groups is 1. The maximum atomic E-state index is 11.8. The molecule has 23 heavy (non-hydrogen) atoms. The first-order valence-corrected chi connectivity index (χ1v) is 8.06. The van der Waals surface area contributed by atoms with E-state index >= 15 is 0 Å². The Morgan fingerprint density at radius 2 is 2.09 bits per heavy atom. The van der Waals surface area contributed by atoms with Crippen LogP contribution in [0.15, 0.2) is 22.9 Å². The van der Waals surface area contributed by atoms with Crippen molar-refractivity contribution < 1.29 is 9.32 Å². The Labute approximate surface area is 139 Å². The number of piperazine rings is 1. The maximum Gasteiger partial charge on any atom is 0.223 e. The molecule has 0 radical (unpaired) electrons. The van der Waals surface area contributed by atoms with Crippen LogP contribution in [0.5, 0.6) is 0 Å². The molecule has 0 N–H and O–H groups in total. The normalized spacial score (nSPS) is 15.0. The van der Waals surface area contributed by atoms with Crippen molar-refractivity contribution in [2.24, 2.45) is 0 Å². The van der Waals surface area contributed by atoms with Crippen LogP contribution in [0.3, 0.4) is 0 Å². The summed E-state index contributed by atoms with van der Waals surface area (Å²) in [7, 11) is 0. The summed E-state index contributed by atoms with van der Waals surface area (Å²) >= 11 is 5.62. The summed E-state index contributed by atoms with van der Waals surface area (Å²) in [5.74, 6) is 2.45. The highest BCUT2D eigenvalue weighted by atomic mass is 35.5. The molecule has 0 bridgehead atoms. The Morgan fingerprint density at radius 3 is 2.65 bits per heavy atom. The second-order valence-electron chi connectivity index (χ2n) is 5.35. The molecule has 0 aromatic carbocycles. The third-order valence-corrected chi connectivity index (χ3v) is 3.99. The molecular formula is C15H18ClN5O2. The van der Waals surface area contributed by atoms with Crippen molar-refractivity contribution >= 4 is 23.3 Å². The van der Waals surface area contributed by atoms with E-state index in [0.29, 0.717) is 37.1 Å². The van der Waals surface area contributed by atoms with Crippen LogP contribution in [0.4, 0.5) is 5.82 Å². The van der Waals surface area contributed by atoms with E-state index in [0.717, 1.165) is 24.5 Å². The fraction of sp³-hybridized carbons (Fsp3) is 0.467. The average Bonchev–Trinajstić information content (AvgIpc) is 3.02. The summed E-state index contributed by atoms with van der Waals surface area (Å²) in [4.78, 5) is 24.5. The summed E-state index contributed by atoms with van der Waals surface area (Å²) in [5, 5.41) is 3.88. The standard InChI is InChI=1S/C15H18ClN5O2/c1-11-18-15(19-23-11)12-2-3-13(17-10-12)20-6-8-21(9-7-20)14(22)4-5-16/h2-3,10H,4-9H2,1H3. The Balaban J connectivity index is 1.62. The molecule has 3 rings (SSSR count). The lowest BCUT2D eigenvalue weighted by molar-refractivity contribution is -0.131. The topological polar surface area (TPSA) is 75.4 Å². The number of anilines is 1. The number of alkyl halides is 1. The first-order chi connectivity index (χ1) is 11.2. The number of hydrogen-bond acceptors (Lipinski definition) is 6. The fourth-order valence-corrected chi connectivity index (χ4v) is 2.71. The van der Waals surface area contributed by atoms with Gasteiger partial charge >= 0.3 is 0 Å². The van der Waals surface area contributed by atoms with Crippen LogP contribution >= 0.6 is 11.6 Å². The zero-order valence-electron chi connectivity index (χ0n) is 12.9. The van der Waals surface area contributed by atoms with Gasteiger partial charge in [-0.3, -0.25) is 4.79 Å². The van der Waals surface area contributed by atoms with E-state index in [9.17, 15) is 4.79 Å². The summed E-state index contributed by atoms with van der Waals surface area (Å²) in [5.41, 5.74) is 0.821. The van der Waals surface area contributed by atoms with Gasteiger partial charge in [0.2, 0.25) is 17.6 Å². The van der Waals surface area contributed by atoms with Gasteiger partial charge < -0.3 is 14.3 Å². The van der Waals surface area contributed by atoms with Crippen LogP contribution in [-0.2, 0) is 4.79 Å². The van der Waals surface area contributed by atoms with Gasteiger partial charge in [0.05, 0.1) is 0 Å². The third-order valence-electron chi connectivity index (χ3n) is 3.80. The second-order valence-corrected chi connectivity index (χ2v) is 5.73. The van der Waals surface area contributed by atoms with Crippen molar-refractivity contribution in [2.45, 2.75) is 13.3 Å². The number of pyridine rings is 1. The third kappa shape index (κ3) is 3.61. The van der Waals surface area contributed by atoms with Gasteiger partial charge in [-0.15, -0.1) is 11.6 Å². The van der Waals surface area contributed by atoms with E-state index in [-0.39, 0.29) is 5.91 Å². The van der Waals surface area contributed by atoms with Crippen LogP contribution in [0.2, 0.25) is 0 Å². The van der Waals surface area contributed by atoms with Gasteiger partial charge in [0.15, 0.2) is 0 Å². The van der Waals surface area contributed by atoms with Crippen molar-refractivity contribution in [2.75, 3.05) is 37.0 Å². The summed E-state index contributed by atoms with van der Waals surface area (Å²) in [6, 6.07) is 3.87. The highest BCUT2D eigenvalue weighted by Crippen LogP contribution is 2.19. The minimum atomic E-state index is 0.121. The van der Waals surface area contributed by atoms with Crippen LogP contribution < -0.4 is 4.90 Å². The molecule has 0 spiro atoms. The molecule has 1 aliphatic rings. The molecule has 0 saturated carbocycles. The van der Waals surface area contributed by atoms with Crippen LogP contribution in [0, 0.1) is 6.92 Å². The second kappa shape index (κ2) is 6.95. The van der Waals surface area contributed by atoms with E-state index in [1.165, 1.54) is 0 Å². The number of carbonyl (C=O) groups excluding carboxylic acids is 1. The van der Waals surface area contributed by atoms with Gasteiger partial charge in [0.25, 0.3) is 0 Å². The highest BCUT2D eigenvalue weighted by molar-refractivity contribution is 6.18. The van der Waals surface area contributed by atoms with E-state index in [1.54, 1.807) is 13.1 Å². The molecule has 1 saturated heterocycles. The quantitative estimate of drug-likeness (QED) is 0.792. The number of amides is 1. The van der Waals surface area contributed by atoms with E-state index in [2.05, 4.69) is 20.0 Å². The molecule has 1 aliphatic heterocycles. The molecule has 7 nitrogen and oxygen atoms in total. The molecule has 0 unspecified atom stereocenters.